The molecule has 0 saturated carbocycles. The highest BCUT2D eigenvalue weighted by Gasteiger charge is 2.42. The Bertz CT molecular complexity index is 1360. The van der Waals surface area contributed by atoms with Gasteiger partial charge in [-0.25, -0.2) is 4.79 Å². The summed E-state index contributed by atoms with van der Waals surface area (Å²) in [7, 11) is 1.55. The number of ketones is 1. The summed E-state index contributed by atoms with van der Waals surface area (Å²) in [6.45, 7) is 3.49. The van der Waals surface area contributed by atoms with Crippen molar-refractivity contribution in [1.82, 2.24) is 15.0 Å². The lowest BCUT2D eigenvalue weighted by atomic mass is 9.91. The summed E-state index contributed by atoms with van der Waals surface area (Å²) in [4.78, 5) is 27.9. The molecule has 0 aliphatic carbocycles. The molecule has 35 heavy (non-hydrogen) atoms. The van der Waals surface area contributed by atoms with E-state index in [-0.39, 0.29) is 5.69 Å². The van der Waals surface area contributed by atoms with Gasteiger partial charge in [0.25, 0.3) is 0 Å². The highest BCUT2D eigenvalue weighted by molar-refractivity contribution is 6.04. The molecule has 0 bridgehead atoms. The maximum Gasteiger partial charge on any atom is 0.332 e. The van der Waals surface area contributed by atoms with Gasteiger partial charge in [-0.3, -0.25) is 4.79 Å². The molecular weight excluding hydrogens is 442 g/mol. The third kappa shape index (κ3) is 5.35. The SMILES string of the molecule is COc1ccc(C(=O)C(C)(OC(=O)/C=C/c2ccccc2)c2cnn(-c3cccc(C)c3)n2)cc1. The van der Waals surface area contributed by atoms with E-state index in [2.05, 4.69) is 10.2 Å². The topological polar surface area (TPSA) is 83.3 Å². The van der Waals surface area contributed by atoms with Gasteiger partial charge in [0.1, 0.15) is 11.4 Å². The van der Waals surface area contributed by atoms with Crippen molar-refractivity contribution in [3.63, 3.8) is 0 Å². The molecule has 0 N–H and O–H groups in total. The number of hydrogen-bond donors (Lipinski definition) is 0. The Kier molecular flexibility index (Phi) is 6.87. The Hall–Kier alpha value is -4.52. The fourth-order valence-corrected chi connectivity index (χ4v) is 3.55. The monoisotopic (exact) mass is 467 g/mol. The number of carbonyl (C=O) groups is 2. The van der Waals surface area contributed by atoms with E-state index in [1.807, 2.05) is 61.5 Å². The number of carbonyl (C=O) groups excluding carboxylic acids is 2. The molecule has 7 nitrogen and oxygen atoms in total. The van der Waals surface area contributed by atoms with E-state index in [1.54, 1.807) is 37.5 Å². The second kappa shape index (κ2) is 10.2. The number of Topliss-reactive ketones (excluding diaryl/α,β-unsaturated/α-hetero) is 1. The van der Waals surface area contributed by atoms with Crippen LogP contribution in [0, 0.1) is 6.92 Å². The maximum atomic E-state index is 13.7. The molecule has 0 amide bonds. The number of hydrogen-bond acceptors (Lipinski definition) is 6. The summed E-state index contributed by atoms with van der Waals surface area (Å²) in [6.07, 6.45) is 4.36. The van der Waals surface area contributed by atoms with Crippen LogP contribution in [-0.2, 0) is 15.1 Å². The van der Waals surface area contributed by atoms with Gasteiger partial charge in [-0.2, -0.15) is 9.90 Å². The number of benzene rings is 3. The van der Waals surface area contributed by atoms with Crippen molar-refractivity contribution in [3.8, 4) is 11.4 Å². The quantitative estimate of drug-likeness (QED) is 0.207. The van der Waals surface area contributed by atoms with Gasteiger partial charge in [0.05, 0.1) is 19.0 Å². The first-order chi connectivity index (χ1) is 16.9. The number of rotatable bonds is 8. The van der Waals surface area contributed by atoms with Gasteiger partial charge in [-0.05, 0) is 67.4 Å². The minimum atomic E-state index is -1.71. The van der Waals surface area contributed by atoms with Crippen LogP contribution in [0.15, 0.2) is 91.1 Å². The van der Waals surface area contributed by atoms with Gasteiger partial charge < -0.3 is 9.47 Å². The molecule has 0 spiro atoms. The van der Waals surface area contributed by atoms with Crippen molar-refractivity contribution in [3.05, 3.63) is 114 Å². The molecule has 1 aromatic heterocycles. The third-order valence-electron chi connectivity index (χ3n) is 5.51. The van der Waals surface area contributed by atoms with Crippen LogP contribution >= 0.6 is 0 Å². The van der Waals surface area contributed by atoms with E-state index >= 15 is 0 Å². The molecular formula is C28H25N3O4. The summed E-state index contributed by atoms with van der Waals surface area (Å²) in [5.74, 6) is -0.502. The molecule has 0 radical (unpaired) electrons. The van der Waals surface area contributed by atoms with E-state index in [9.17, 15) is 9.59 Å². The van der Waals surface area contributed by atoms with Crippen molar-refractivity contribution < 1.29 is 19.1 Å². The van der Waals surface area contributed by atoms with E-state index < -0.39 is 17.4 Å². The minimum Gasteiger partial charge on any atom is -0.497 e. The fraction of sp³-hybridized carbons (Fsp3) is 0.143. The summed E-state index contributed by atoms with van der Waals surface area (Å²) in [6, 6.07) is 23.6. The number of ether oxygens (including phenoxy) is 2. The highest BCUT2D eigenvalue weighted by Crippen LogP contribution is 2.30. The Labute approximate surface area is 203 Å². The van der Waals surface area contributed by atoms with Crippen LogP contribution in [0.25, 0.3) is 11.8 Å². The first kappa shape index (κ1) is 23.6. The number of aryl methyl sites for hydroxylation is 1. The predicted molar refractivity (Wildman–Crippen MR) is 132 cm³/mol. The molecule has 4 aromatic rings. The van der Waals surface area contributed by atoms with Crippen LogP contribution in [0.1, 0.15) is 34.1 Å². The van der Waals surface area contributed by atoms with Crippen LogP contribution in [-0.4, -0.2) is 33.9 Å². The largest absolute Gasteiger partial charge is 0.497 e. The average Bonchev–Trinajstić information content (AvgIpc) is 3.39. The summed E-state index contributed by atoms with van der Waals surface area (Å²) < 4.78 is 11.0. The number of esters is 1. The average molecular weight is 468 g/mol. The zero-order chi connectivity index (χ0) is 24.8. The van der Waals surface area contributed by atoms with Crippen LogP contribution in [0.2, 0.25) is 0 Å². The number of methoxy groups -OCH3 is 1. The smallest absolute Gasteiger partial charge is 0.332 e. The van der Waals surface area contributed by atoms with E-state index in [1.165, 1.54) is 24.0 Å². The fourth-order valence-electron chi connectivity index (χ4n) is 3.55. The molecule has 7 heteroatoms. The van der Waals surface area contributed by atoms with E-state index in [0.717, 1.165) is 16.8 Å². The van der Waals surface area contributed by atoms with Gasteiger partial charge in [0.2, 0.25) is 11.4 Å². The van der Waals surface area contributed by atoms with Crippen LogP contribution < -0.4 is 4.74 Å². The summed E-state index contributed by atoms with van der Waals surface area (Å²) >= 11 is 0. The Morgan fingerprint density at radius 3 is 2.40 bits per heavy atom. The van der Waals surface area contributed by atoms with Crippen LogP contribution in [0.4, 0.5) is 0 Å². The number of aromatic nitrogens is 3. The maximum absolute atomic E-state index is 13.7. The molecule has 1 heterocycles. The Morgan fingerprint density at radius 1 is 0.971 bits per heavy atom. The van der Waals surface area contributed by atoms with Crippen molar-refractivity contribution in [2.24, 2.45) is 0 Å². The molecule has 0 fully saturated rings. The van der Waals surface area contributed by atoms with Crippen molar-refractivity contribution in [1.29, 1.82) is 0 Å². The van der Waals surface area contributed by atoms with Gasteiger partial charge in [0, 0.05) is 11.6 Å². The first-order valence-corrected chi connectivity index (χ1v) is 11.0. The van der Waals surface area contributed by atoms with Gasteiger partial charge in [-0.15, -0.1) is 5.10 Å². The highest BCUT2D eigenvalue weighted by atomic mass is 16.6. The number of nitrogens with zero attached hydrogens (tertiary/aromatic N) is 3. The Balaban J connectivity index is 1.69. The molecule has 0 saturated heterocycles. The molecule has 176 valence electrons. The zero-order valence-electron chi connectivity index (χ0n) is 19.7. The normalized spacial score (nSPS) is 12.8. The van der Waals surface area contributed by atoms with Gasteiger partial charge in [-0.1, -0.05) is 42.5 Å². The van der Waals surface area contributed by atoms with E-state index in [0.29, 0.717) is 11.3 Å². The molecule has 1 atom stereocenters. The van der Waals surface area contributed by atoms with E-state index in [4.69, 9.17) is 9.47 Å². The lowest BCUT2D eigenvalue weighted by Crippen LogP contribution is -2.38. The lowest BCUT2D eigenvalue weighted by Gasteiger charge is -2.25. The lowest BCUT2D eigenvalue weighted by molar-refractivity contribution is -0.148. The summed E-state index contributed by atoms with van der Waals surface area (Å²) in [5.41, 5.74) is 1.44. The Morgan fingerprint density at radius 2 is 1.71 bits per heavy atom. The molecule has 1 unspecified atom stereocenters. The molecule has 4 rings (SSSR count). The van der Waals surface area contributed by atoms with Gasteiger partial charge >= 0.3 is 5.97 Å². The zero-order valence-corrected chi connectivity index (χ0v) is 19.7. The van der Waals surface area contributed by atoms with Crippen molar-refractivity contribution in [2.75, 3.05) is 7.11 Å². The molecule has 3 aromatic carbocycles. The summed E-state index contributed by atoms with van der Waals surface area (Å²) in [5, 5.41) is 8.83. The van der Waals surface area contributed by atoms with Crippen molar-refractivity contribution in [2.45, 2.75) is 19.4 Å². The standard InChI is InChI=1S/C28H25N3O4/c1-20-8-7-11-23(18-20)31-29-19-25(30-31)28(2,27(33)22-13-15-24(34-3)16-14-22)35-26(32)17-12-21-9-5-4-6-10-21/h4-19H,1-3H3/b17-12+. The third-order valence-corrected chi connectivity index (χ3v) is 5.51. The molecule has 0 aliphatic heterocycles. The van der Waals surface area contributed by atoms with Crippen LogP contribution in [0.3, 0.4) is 0 Å². The molecule has 0 aliphatic rings. The second-order valence-corrected chi connectivity index (χ2v) is 8.11. The van der Waals surface area contributed by atoms with Gasteiger partial charge in [0.15, 0.2) is 0 Å². The second-order valence-electron chi connectivity index (χ2n) is 8.11. The predicted octanol–water partition coefficient (Wildman–Crippen LogP) is 4.94. The van der Waals surface area contributed by atoms with Crippen LogP contribution in [0.5, 0.6) is 5.75 Å². The van der Waals surface area contributed by atoms with Crippen molar-refractivity contribution >= 4 is 17.8 Å². The minimum absolute atomic E-state index is 0.210. The first-order valence-electron chi connectivity index (χ1n) is 11.0.